The van der Waals surface area contributed by atoms with E-state index in [9.17, 15) is 9.59 Å². The number of carboxylic acids is 1. The maximum Gasteiger partial charge on any atom is 0.310 e. The van der Waals surface area contributed by atoms with Crippen molar-refractivity contribution < 1.29 is 14.7 Å². The van der Waals surface area contributed by atoms with Crippen molar-refractivity contribution in [3.8, 4) is 0 Å². The SMILES string of the molecule is CC(C)(CNC(=O)C1(c2cccc(Cl)c2)CCC1)C(=O)O. The van der Waals surface area contributed by atoms with Gasteiger partial charge in [-0.3, -0.25) is 9.59 Å². The molecule has 1 aliphatic rings. The lowest BCUT2D eigenvalue weighted by Gasteiger charge is -2.41. The largest absolute Gasteiger partial charge is 0.481 e. The third kappa shape index (κ3) is 3.05. The van der Waals surface area contributed by atoms with Gasteiger partial charge in [-0.2, -0.15) is 0 Å². The van der Waals surface area contributed by atoms with E-state index >= 15 is 0 Å². The van der Waals surface area contributed by atoms with E-state index in [1.807, 2.05) is 18.2 Å². The van der Waals surface area contributed by atoms with E-state index in [2.05, 4.69) is 5.32 Å². The molecule has 0 aromatic heterocycles. The molecule has 0 aliphatic heterocycles. The fraction of sp³-hybridized carbons (Fsp3) is 0.500. The lowest BCUT2D eigenvalue weighted by atomic mass is 9.63. The molecule has 0 spiro atoms. The summed E-state index contributed by atoms with van der Waals surface area (Å²) < 4.78 is 0. The van der Waals surface area contributed by atoms with Crippen molar-refractivity contribution in [2.45, 2.75) is 38.5 Å². The van der Waals surface area contributed by atoms with Gasteiger partial charge >= 0.3 is 5.97 Å². The number of amides is 1. The molecule has 1 fully saturated rings. The molecular formula is C16H20ClNO3. The summed E-state index contributed by atoms with van der Waals surface area (Å²) in [6, 6.07) is 7.35. The standard InChI is InChI=1S/C16H20ClNO3/c1-15(2,14(20)21)10-18-13(19)16(7-4-8-16)11-5-3-6-12(17)9-11/h3,5-6,9H,4,7-8,10H2,1-2H3,(H,18,19)(H,20,21). The number of benzene rings is 1. The molecule has 0 saturated heterocycles. The fourth-order valence-electron chi connectivity index (χ4n) is 2.51. The van der Waals surface area contributed by atoms with Crippen molar-refractivity contribution in [3.63, 3.8) is 0 Å². The van der Waals surface area contributed by atoms with E-state index < -0.39 is 16.8 Å². The second-order valence-corrected chi connectivity index (χ2v) is 6.75. The van der Waals surface area contributed by atoms with Gasteiger partial charge in [-0.1, -0.05) is 30.2 Å². The summed E-state index contributed by atoms with van der Waals surface area (Å²) in [4.78, 5) is 23.7. The van der Waals surface area contributed by atoms with E-state index in [0.717, 1.165) is 24.8 Å². The maximum atomic E-state index is 12.6. The Bertz CT molecular complexity index is 564. The van der Waals surface area contributed by atoms with Gasteiger partial charge in [0.25, 0.3) is 0 Å². The molecule has 1 amide bonds. The van der Waals surface area contributed by atoms with Crippen LogP contribution in [0.5, 0.6) is 0 Å². The minimum absolute atomic E-state index is 0.106. The highest BCUT2D eigenvalue weighted by Gasteiger charge is 2.46. The van der Waals surface area contributed by atoms with Gasteiger partial charge in [0.1, 0.15) is 0 Å². The molecule has 0 atom stereocenters. The zero-order chi connectivity index (χ0) is 15.7. The van der Waals surface area contributed by atoms with Crippen LogP contribution < -0.4 is 5.32 Å². The molecule has 4 nitrogen and oxygen atoms in total. The van der Waals surface area contributed by atoms with Crippen molar-refractivity contribution in [3.05, 3.63) is 34.9 Å². The molecule has 0 bridgehead atoms. The maximum absolute atomic E-state index is 12.6. The number of nitrogens with one attached hydrogen (secondary N) is 1. The summed E-state index contributed by atoms with van der Waals surface area (Å²) in [5.74, 6) is -1.03. The lowest BCUT2D eigenvalue weighted by Crippen LogP contribution is -2.51. The third-order valence-electron chi connectivity index (χ3n) is 4.29. The Morgan fingerprint density at radius 2 is 2.05 bits per heavy atom. The first-order valence-electron chi connectivity index (χ1n) is 7.06. The first kappa shape index (κ1) is 15.8. The predicted molar refractivity (Wildman–Crippen MR) is 81.4 cm³/mol. The summed E-state index contributed by atoms with van der Waals surface area (Å²) in [6.07, 6.45) is 2.53. The van der Waals surface area contributed by atoms with Crippen LogP contribution in [-0.4, -0.2) is 23.5 Å². The van der Waals surface area contributed by atoms with Gasteiger partial charge in [0.05, 0.1) is 10.8 Å². The Balaban J connectivity index is 2.14. The van der Waals surface area contributed by atoms with E-state index in [-0.39, 0.29) is 12.5 Å². The Kier molecular flexibility index (Phi) is 4.28. The summed E-state index contributed by atoms with van der Waals surface area (Å²) in [5.41, 5.74) is -0.624. The lowest BCUT2D eigenvalue weighted by molar-refractivity contribution is -0.147. The van der Waals surface area contributed by atoms with E-state index in [1.54, 1.807) is 19.9 Å². The highest BCUT2D eigenvalue weighted by molar-refractivity contribution is 6.30. The smallest absolute Gasteiger partial charge is 0.310 e. The molecule has 2 N–H and O–H groups in total. The topological polar surface area (TPSA) is 66.4 Å². The highest BCUT2D eigenvalue weighted by atomic mass is 35.5. The van der Waals surface area contributed by atoms with Crippen molar-refractivity contribution in [2.24, 2.45) is 5.41 Å². The van der Waals surface area contributed by atoms with Crippen LogP contribution in [0.3, 0.4) is 0 Å². The first-order chi connectivity index (χ1) is 9.78. The van der Waals surface area contributed by atoms with Crippen LogP contribution in [0.4, 0.5) is 0 Å². The van der Waals surface area contributed by atoms with E-state index in [4.69, 9.17) is 16.7 Å². The Morgan fingerprint density at radius 3 is 2.52 bits per heavy atom. The summed E-state index contributed by atoms with van der Waals surface area (Å²) in [6.45, 7) is 3.31. The number of rotatable bonds is 5. The number of hydrogen-bond acceptors (Lipinski definition) is 2. The van der Waals surface area contributed by atoms with Crippen LogP contribution in [0.15, 0.2) is 24.3 Å². The van der Waals surface area contributed by atoms with Gasteiger partial charge in [-0.05, 0) is 44.4 Å². The molecule has 1 saturated carbocycles. The second-order valence-electron chi connectivity index (χ2n) is 6.32. The van der Waals surface area contributed by atoms with Crippen LogP contribution in [-0.2, 0) is 15.0 Å². The van der Waals surface area contributed by atoms with Crippen molar-refractivity contribution in [1.82, 2.24) is 5.32 Å². The number of aliphatic carboxylic acids is 1. The average Bonchev–Trinajstić information content (AvgIpc) is 2.35. The summed E-state index contributed by atoms with van der Waals surface area (Å²) in [5, 5.41) is 12.5. The minimum atomic E-state index is -0.977. The van der Waals surface area contributed by atoms with Crippen molar-refractivity contribution in [1.29, 1.82) is 0 Å². The van der Waals surface area contributed by atoms with Crippen molar-refractivity contribution in [2.75, 3.05) is 6.54 Å². The molecule has 0 radical (unpaired) electrons. The molecule has 114 valence electrons. The molecule has 2 rings (SSSR count). The molecule has 21 heavy (non-hydrogen) atoms. The van der Waals surface area contributed by atoms with Crippen LogP contribution in [0.25, 0.3) is 0 Å². The molecule has 0 heterocycles. The molecule has 1 aromatic rings. The molecule has 1 aliphatic carbocycles. The van der Waals surface area contributed by atoms with Gasteiger partial charge in [0.2, 0.25) is 5.91 Å². The monoisotopic (exact) mass is 309 g/mol. The number of carboxylic acid groups (broad SMARTS) is 1. The molecule has 0 unspecified atom stereocenters. The molecular weight excluding hydrogens is 290 g/mol. The van der Waals surface area contributed by atoms with Crippen molar-refractivity contribution >= 4 is 23.5 Å². The highest BCUT2D eigenvalue weighted by Crippen LogP contribution is 2.44. The van der Waals surface area contributed by atoms with Gasteiger partial charge < -0.3 is 10.4 Å². The first-order valence-corrected chi connectivity index (χ1v) is 7.43. The Hall–Kier alpha value is -1.55. The third-order valence-corrected chi connectivity index (χ3v) is 4.52. The van der Waals surface area contributed by atoms with Gasteiger partial charge in [-0.15, -0.1) is 0 Å². The molecule has 5 heteroatoms. The van der Waals surface area contributed by atoms with Crippen LogP contribution in [0.2, 0.25) is 5.02 Å². The van der Waals surface area contributed by atoms with E-state index in [1.165, 1.54) is 0 Å². The zero-order valence-electron chi connectivity index (χ0n) is 12.3. The number of hydrogen-bond donors (Lipinski definition) is 2. The Morgan fingerprint density at radius 1 is 1.38 bits per heavy atom. The number of carbonyl (C=O) groups excluding carboxylic acids is 1. The second kappa shape index (κ2) is 5.68. The predicted octanol–water partition coefficient (Wildman–Crippen LogP) is 2.99. The van der Waals surface area contributed by atoms with Gasteiger partial charge in [-0.25, -0.2) is 0 Å². The minimum Gasteiger partial charge on any atom is -0.481 e. The van der Waals surface area contributed by atoms with Crippen LogP contribution in [0, 0.1) is 5.41 Å². The quantitative estimate of drug-likeness (QED) is 0.878. The fourth-order valence-corrected chi connectivity index (χ4v) is 2.70. The van der Waals surface area contributed by atoms with Gasteiger partial charge in [0, 0.05) is 11.6 Å². The summed E-state index contributed by atoms with van der Waals surface area (Å²) >= 11 is 6.02. The number of halogens is 1. The Labute approximate surface area is 129 Å². The normalized spacial score (nSPS) is 16.9. The average molecular weight is 310 g/mol. The molecule has 1 aromatic carbocycles. The van der Waals surface area contributed by atoms with E-state index in [0.29, 0.717) is 5.02 Å². The zero-order valence-corrected chi connectivity index (χ0v) is 13.0. The van der Waals surface area contributed by atoms with Gasteiger partial charge in [0.15, 0.2) is 0 Å². The van der Waals surface area contributed by atoms with Crippen LogP contribution in [0.1, 0.15) is 38.7 Å². The summed E-state index contributed by atoms with van der Waals surface area (Å²) in [7, 11) is 0. The van der Waals surface area contributed by atoms with Crippen LogP contribution >= 0.6 is 11.6 Å². The number of carbonyl (C=O) groups is 2.